The lowest BCUT2D eigenvalue weighted by atomic mass is 10.0. The van der Waals surface area contributed by atoms with E-state index < -0.39 is 0 Å². The molecule has 0 unspecified atom stereocenters. The lowest BCUT2D eigenvalue weighted by Gasteiger charge is -2.18. The Morgan fingerprint density at radius 1 is 1.33 bits per heavy atom. The Labute approximate surface area is 99.8 Å². The first-order chi connectivity index (χ1) is 7.13. The molecule has 2 N–H and O–H groups in total. The third-order valence-corrected chi connectivity index (χ3v) is 2.87. The van der Waals surface area contributed by atoms with Gasteiger partial charge in [0.05, 0.1) is 6.10 Å². The maximum Gasteiger partial charge on any atom is 0.0636 e. The second-order valence-corrected chi connectivity index (χ2v) is 4.69. The SMILES string of the molecule is CC[C@H](NC[C@H](C)O)c1ccc(Br)cc1. The van der Waals surface area contributed by atoms with Gasteiger partial charge in [-0.15, -0.1) is 0 Å². The Morgan fingerprint density at radius 2 is 1.93 bits per heavy atom. The van der Waals surface area contributed by atoms with Crippen molar-refractivity contribution in [2.75, 3.05) is 6.54 Å². The maximum absolute atomic E-state index is 9.22. The monoisotopic (exact) mass is 271 g/mol. The molecule has 0 heterocycles. The molecule has 0 spiro atoms. The van der Waals surface area contributed by atoms with Gasteiger partial charge in [-0.3, -0.25) is 0 Å². The summed E-state index contributed by atoms with van der Waals surface area (Å²) in [6.07, 6.45) is 0.725. The Bertz CT molecular complexity index is 284. The Kier molecular flexibility index (Phi) is 5.29. The number of aliphatic hydroxyl groups excluding tert-OH is 1. The molecule has 0 aliphatic heterocycles. The van der Waals surface area contributed by atoms with Crippen LogP contribution in [-0.4, -0.2) is 17.8 Å². The molecule has 0 aromatic heterocycles. The Balaban J connectivity index is 2.61. The fourth-order valence-electron chi connectivity index (χ4n) is 1.51. The molecule has 0 fully saturated rings. The Hall–Kier alpha value is -0.380. The third kappa shape index (κ3) is 4.33. The second-order valence-electron chi connectivity index (χ2n) is 3.77. The zero-order chi connectivity index (χ0) is 11.3. The molecule has 0 saturated carbocycles. The molecular formula is C12H18BrNO. The van der Waals surface area contributed by atoms with Crippen LogP contribution in [0.1, 0.15) is 31.9 Å². The fraction of sp³-hybridized carbons (Fsp3) is 0.500. The van der Waals surface area contributed by atoms with Crippen LogP contribution >= 0.6 is 15.9 Å². The summed E-state index contributed by atoms with van der Waals surface area (Å²) in [6.45, 7) is 4.57. The van der Waals surface area contributed by atoms with Crippen molar-refractivity contribution < 1.29 is 5.11 Å². The number of rotatable bonds is 5. The van der Waals surface area contributed by atoms with Gasteiger partial charge in [0.25, 0.3) is 0 Å². The van der Waals surface area contributed by atoms with Crippen molar-refractivity contribution in [3.05, 3.63) is 34.3 Å². The molecule has 0 saturated heterocycles. The molecule has 2 atom stereocenters. The van der Waals surface area contributed by atoms with Gasteiger partial charge in [-0.05, 0) is 31.0 Å². The molecule has 1 rings (SSSR count). The van der Waals surface area contributed by atoms with Crippen LogP contribution in [0.15, 0.2) is 28.7 Å². The first-order valence-corrected chi connectivity index (χ1v) is 6.09. The normalized spacial score (nSPS) is 14.9. The molecule has 1 aromatic rings. The molecule has 84 valence electrons. The highest BCUT2D eigenvalue weighted by Crippen LogP contribution is 2.19. The molecule has 1 aromatic carbocycles. The van der Waals surface area contributed by atoms with Crippen molar-refractivity contribution >= 4 is 15.9 Å². The average Bonchev–Trinajstić information content (AvgIpc) is 2.21. The predicted molar refractivity (Wildman–Crippen MR) is 66.9 cm³/mol. The summed E-state index contributed by atoms with van der Waals surface area (Å²) in [5.41, 5.74) is 1.27. The first-order valence-electron chi connectivity index (χ1n) is 5.30. The molecule has 0 bridgehead atoms. The van der Waals surface area contributed by atoms with Crippen molar-refractivity contribution in [3.63, 3.8) is 0 Å². The van der Waals surface area contributed by atoms with Crippen LogP contribution in [0, 0.1) is 0 Å². The molecule has 0 radical (unpaired) electrons. The van der Waals surface area contributed by atoms with Crippen LogP contribution in [-0.2, 0) is 0 Å². The quantitative estimate of drug-likeness (QED) is 0.863. The zero-order valence-electron chi connectivity index (χ0n) is 9.20. The van der Waals surface area contributed by atoms with E-state index in [0.717, 1.165) is 10.9 Å². The van der Waals surface area contributed by atoms with Gasteiger partial charge in [0, 0.05) is 17.1 Å². The average molecular weight is 272 g/mol. The molecule has 2 nitrogen and oxygen atoms in total. The molecule has 0 aliphatic carbocycles. The van der Waals surface area contributed by atoms with Gasteiger partial charge in [0.2, 0.25) is 0 Å². The van der Waals surface area contributed by atoms with Crippen molar-refractivity contribution in [3.8, 4) is 0 Å². The predicted octanol–water partition coefficient (Wildman–Crippen LogP) is 2.87. The summed E-state index contributed by atoms with van der Waals surface area (Å²) in [4.78, 5) is 0. The fourth-order valence-corrected chi connectivity index (χ4v) is 1.77. The van der Waals surface area contributed by atoms with Crippen LogP contribution in [0.5, 0.6) is 0 Å². The number of halogens is 1. The zero-order valence-corrected chi connectivity index (χ0v) is 10.8. The number of nitrogens with one attached hydrogen (secondary N) is 1. The summed E-state index contributed by atoms with van der Waals surface area (Å²) in [5.74, 6) is 0. The van der Waals surface area contributed by atoms with Crippen LogP contribution in [0.3, 0.4) is 0 Å². The van der Waals surface area contributed by atoms with Crippen molar-refractivity contribution in [2.45, 2.75) is 32.4 Å². The smallest absolute Gasteiger partial charge is 0.0636 e. The van der Waals surface area contributed by atoms with Crippen LogP contribution in [0.2, 0.25) is 0 Å². The highest BCUT2D eigenvalue weighted by atomic mass is 79.9. The van der Waals surface area contributed by atoms with E-state index in [1.54, 1.807) is 6.92 Å². The number of hydrogen-bond donors (Lipinski definition) is 2. The van der Waals surface area contributed by atoms with E-state index in [4.69, 9.17) is 0 Å². The Morgan fingerprint density at radius 3 is 2.40 bits per heavy atom. The number of benzene rings is 1. The maximum atomic E-state index is 9.22. The van der Waals surface area contributed by atoms with E-state index >= 15 is 0 Å². The molecule has 0 amide bonds. The number of hydrogen-bond acceptors (Lipinski definition) is 2. The van der Waals surface area contributed by atoms with Gasteiger partial charge in [-0.25, -0.2) is 0 Å². The summed E-state index contributed by atoms with van der Waals surface area (Å²) in [6, 6.07) is 8.62. The molecular weight excluding hydrogens is 254 g/mol. The lowest BCUT2D eigenvalue weighted by Crippen LogP contribution is -2.28. The first kappa shape index (κ1) is 12.7. The largest absolute Gasteiger partial charge is 0.392 e. The minimum absolute atomic E-state index is 0.297. The van der Waals surface area contributed by atoms with E-state index in [0.29, 0.717) is 12.6 Å². The lowest BCUT2D eigenvalue weighted by molar-refractivity contribution is 0.185. The highest BCUT2D eigenvalue weighted by Gasteiger charge is 2.08. The summed E-state index contributed by atoms with van der Waals surface area (Å²) in [5, 5.41) is 12.6. The van der Waals surface area contributed by atoms with Gasteiger partial charge in [-0.1, -0.05) is 35.0 Å². The second kappa shape index (κ2) is 6.26. The van der Waals surface area contributed by atoms with Crippen LogP contribution < -0.4 is 5.32 Å². The van der Waals surface area contributed by atoms with Gasteiger partial charge in [-0.2, -0.15) is 0 Å². The highest BCUT2D eigenvalue weighted by molar-refractivity contribution is 9.10. The summed E-state index contributed by atoms with van der Waals surface area (Å²) in [7, 11) is 0. The molecule has 3 heteroatoms. The van der Waals surface area contributed by atoms with Gasteiger partial charge in [0.15, 0.2) is 0 Å². The molecule has 0 aliphatic rings. The van der Waals surface area contributed by atoms with E-state index in [1.807, 2.05) is 12.1 Å². The van der Waals surface area contributed by atoms with Crippen molar-refractivity contribution in [1.82, 2.24) is 5.32 Å². The van der Waals surface area contributed by atoms with Crippen molar-refractivity contribution in [2.24, 2.45) is 0 Å². The third-order valence-electron chi connectivity index (χ3n) is 2.34. The number of aliphatic hydroxyl groups is 1. The van der Waals surface area contributed by atoms with Gasteiger partial charge >= 0.3 is 0 Å². The van der Waals surface area contributed by atoms with Crippen LogP contribution in [0.4, 0.5) is 0 Å². The molecule has 15 heavy (non-hydrogen) atoms. The van der Waals surface area contributed by atoms with E-state index in [9.17, 15) is 5.11 Å². The van der Waals surface area contributed by atoms with Crippen LogP contribution in [0.25, 0.3) is 0 Å². The van der Waals surface area contributed by atoms with Gasteiger partial charge in [0.1, 0.15) is 0 Å². The van der Waals surface area contributed by atoms with Crippen molar-refractivity contribution in [1.29, 1.82) is 0 Å². The topological polar surface area (TPSA) is 32.3 Å². The van der Waals surface area contributed by atoms with E-state index in [2.05, 4.69) is 40.3 Å². The minimum atomic E-state index is -0.297. The van der Waals surface area contributed by atoms with E-state index in [1.165, 1.54) is 5.56 Å². The summed E-state index contributed by atoms with van der Waals surface area (Å²) < 4.78 is 1.09. The minimum Gasteiger partial charge on any atom is -0.392 e. The van der Waals surface area contributed by atoms with E-state index in [-0.39, 0.29) is 6.10 Å². The van der Waals surface area contributed by atoms with Gasteiger partial charge < -0.3 is 10.4 Å². The summed E-state index contributed by atoms with van der Waals surface area (Å²) >= 11 is 3.42. The standard InChI is InChI=1S/C12H18BrNO/c1-3-12(14-8-9(2)15)10-4-6-11(13)7-5-10/h4-7,9,12,14-15H,3,8H2,1-2H3/t9-,12-/m0/s1.